The van der Waals surface area contributed by atoms with Gasteiger partial charge < -0.3 is 15.2 Å². The lowest BCUT2D eigenvalue weighted by molar-refractivity contribution is -0.268. The lowest BCUT2D eigenvalue weighted by Crippen LogP contribution is -2.47. The number of nitrogens with one attached hydrogen (secondary N) is 1. The van der Waals surface area contributed by atoms with Crippen LogP contribution < -0.4 is 5.32 Å². The molecule has 0 saturated carbocycles. The van der Waals surface area contributed by atoms with Gasteiger partial charge in [0.1, 0.15) is 0 Å². The van der Waals surface area contributed by atoms with Gasteiger partial charge in [0.25, 0.3) is 0 Å². The third-order valence-electron chi connectivity index (χ3n) is 4.34. The number of aliphatic hydroxyl groups is 1. The summed E-state index contributed by atoms with van der Waals surface area (Å²) in [6, 6.07) is 7.37. The van der Waals surface area contributed by atoms with E-state index in [0.29, 0.717) is 0 Å². The molecule has 1 aromatic rings. The Morgan fingerprint density at radius 2 is 1.70 bits per heavy atom. The number of halogens is 3. The molecule has 23 heavy (non-hydrogen) atoms. The molecule has 1 aromatic carbocycles. The number of ether oxygens (including phenoxy) is 1. The van der Waals surface area contributed by atoms with Gasteiger partial charge in [-0.15, -0.1) is 0 Å². The molecule has 0 spiro atoms. The fourth-order valence-corrected chi connectivity index (χ4v) is 3.19. The first kappa shape index (κ1) is 18.2. The smallest absolute Gasteiger partial charge is 0.376 e. The Labute approximate surface area is 134 Å². The fourth-order valence-electron chi connectivity index (χ4n) is 3.19. The summed E-state index contributed by atoms with van der Waals surface area (Å²) in [7, 11) is 0. The predicted octanol–water partition coefficient (Wildman–Crippen LogP) is 3.37. The molecule has 1 aliphatic rings. The molecule has 1 fully saturated rings. The Morgan fingerprint density at radius 3 is 2.22 bits per heavy atom. The molecule has 1 heterocycles. The van der Waals surface area contributed by atoms with E-state index in [-0.39, 0.29) is 30.4 Å². The highest BCUT2D eigenvalue weighted by Gasteiger charge is 2.54. The number of rotatable bonds is 5. The monoisotopic (exact) mass is 331 g/mol. The van der Waals surface area contributed by atoms with Crippen LogP contribution in [0.15, 0.2) is 30.3 Å². The van der Waals surface area contributed by atoms with Gasteiger partial charge in [-0.25, -0.2) is 0 Å². The second-order valence-corrected chi connectivity index (χ2v) is 6.35. The SMILES string of the molecule is C[C@@H]1CC(NCC[C@@](O)(c2ccccc2)C(F)(F)F)C[C@@H](C)O1. The molecule has 2 rings (SSSR count). The summed E-state index contributed by atoms with van der Waals surface area (Å²) in [5.74, 6) is 0. The van der Waals surface area contributed by atoms with Crippen molar-refractivity contribution in [2.45, 2.75) is 63.1 Å². The second kappa shape index (κ2) is 7.20. The molecule has 1 saturated heterocycles. The van der Waals surface area contributed by atoms with Crippen LogP contribution in [-0.4, -0.2) is 36.1 Å². The summed E-state index contributed by atoms with van der Waals surface area (Å²) in [6.07, 6.45) is -3.42. The molecule has 3 atom stereocenters. The molecule has 1 aliphatic heterocycles. The standard InChI is InChI=1S/C17H24F3NO2/c1-12-10-15(11-13(2)23-12)21-9-8-16(22,17(18,19)20)14-6-4-3-5-7-14/h3-7,12-13,15,21-22H,8-11H2,1-2H3/t12-,13-,16-/m1/s1. The van der Waals surface area contributed by atoms with Crippen LogP contribution in [0.3, 0.4) is 0 Å². The summed E-state index contributed by atoms with van der Waals surface area (Å²) in [4.78, 5) is 0. The lowest BCUT2D eigenvalue weighted by atomic mass is 9.89. The van der Waals surface area contributed by atoms with Crippen LogP contribution in [-0.2, 0) is 10.3 Å². The first-order chi connectivity index (χ1) is 10.7. The fraction of sp³-hybridized carbons (Fsp3) is 0.647. The van der Waals surface area contributed by atoms with E-state index >= 15 is 0 Å². The molecule has 0 aromatic heterocycles. The summed E-state index contributed by atoms with van der Waals surface area (Å²) < 4.78 is 45.8. The van der Waals surface area contributed by atoms with E-state index in [1.165, 1.54) is 24.3 Å². The van der Waals surface area contributed by atoms with Crippen LogP contribution in [0.25, 0.3) is 0 Å². The molecular weight excluding hydrogens is 307 g/mol. The Morgan fingerprint density at radius 1 is 1.13 bits per heavy atom. The van der Waals surface area contributed by atoms with Crippen molar-refractivity contribution in [3.63, 3.8) is 0 Å². The third kappa shape index (κ3) is 4.46. The summed E-state index contributed by atoms with van der Waals surface area (Å²) in [5.41, 5.74) is -2.95. The predicted molar refractivity (Wildman–Crippen MR) is 82.0 cm³/mol. The first-order valence-corrected chi connectivity index (χ1v) is 7.96. The molecule has 6 heteroatoms. The molecule has 0 unspecified atom stereocenters. The molecule has 0 aliphatic carbocycles. The highest BCUT2D eigenvalue weighted by atomic mass is 19.4. The van der Waals surface area contributed by atoms with Crippen molar-refractivity contribution in [1.29, 1.82) is 0 Å². The van der Waals surface area contributed by atoms with Gasteiger partial charge >= 0.3 is 6.18 Å². The molecule has 0 radical (unpaired) electrons. The second-order valence-electron chi connectivity index (χ2n) is 6.35. The molecule has 0 amide bonds. The van der Waals surface area contributed by atoms with Crippen LogP contribution in [0.4, 0.5) is 13.2 Å². The minimum Gasteiger partial charge on any atom is -0.376 e. The van der Waals surface area contributed by atoms with Gasteiger partial charge in [-0.3, -0.25) is 0 Å². The van der Waals surface area contributed by atoms with Crippen LogP contribution >= 0.6 is 0 Å². The van der Waals surface area contributed by atoms with Crippen molar-refractivity contribution in [2.24, 2.45) is 0 Å². The van der Waals surface area contributed by atoms with E-state index in [0.717, 1.165) is 12.8 Å². The van der Waals surface area contributed by atoms with Gasteiger partial charge in [0, 0.05) is 12.5 Å². The largest absolute Gasteiger partial charge is 0.421 e. The molecular formula is C17H24F3NO2. The van der Waals surface area contributed by atoms with Crippen LogP contribution in [0.5, 0.6) is 0 Å². The van der Waals surface area contributed by atoms with Crippen molar-refractivity contribution < 1.29 is 23.0 Å². The van der Waals surface area contributed by atoms with E-state index in [4.69, 9.17) is 4.74 Å². The number of benzene rings is 1. The Kier molecular flexibility index (Phi) is 5.70. The number of hydrogen-bond acceptors (Lipinski definition) is 3. The average Bonchev–Trinajstić information content (AvgIpc) is 2.46. The summed E-state index contributed by atoms with van der Waals surface area (Å²) in [6.45, 7) is 4.01. The minimum atomic E-state index is -4.72. The molecule has 3 nitrogen and oxygen atoms in total. The van der Waals surface area contributed by atoms with Crippen LogP contribution in [0.2, 0.25) is 0 Å². The topological polar surface area (TPSA) is 41.5 Å². The maximum Gasteiger partial charge on any atom is 0.421 e. The van der Waals surface area contributed by atoms with Crippen LogP contribution in [0.1, 0.15) is 38.7 Å². The highest BCUT2D eigenvalue weighted by molar-refractivity contribution is 5.24. The van der Waals surface area contributed by atoms with Crippen molar-refractivity contribution >= 4 is 0 Å². The van der Waals surface area contributed by atoms with Gasteiger partial charge in [-0.05, 0) is 38.8 Å². The van der Waals surface area contributed by atoms with E-state index in [2.05, 4.69) is 5.32 Å². The van der Waals surface area contributed by atoms with Gasteiger partial charge in [-0.1, -0.05) is 30.3 Å². The number of alkyl halides is 3. The van der Waals surface area contributed by atoms with E-state index in [9.17, 15) is 18.3 Å². The zero-order valence-electron chi connectivity index (χ0n) is 13.4. The Bertz CT molecular complexity index is 484. The molecule has 2 N–H and O–H groups in total. The van der Waals surface area contributed by atoms with Gasteiger partial charge in [-0.2, -0.15) is 13.2 Å². The Balaban J connectivity index is 2.00. The van der Waals surface area contributed by atoms with Crippen molar-refractivity contribution in [3.8, 4) is 0 Å². The average molecular weight is 331 g/mol. The van der Waals surface area contributed by atoms with Crippen LogP contribution in [0, 0.1) is 0 Å². The molecule has 0 bridgehead atoms. The maximum absolute atomic E-state index is 13.4. The number of hydrogen-bond donors (Lipinski definition) is 2. The van der Waals surface area contributed by atoms with Crippen molar-refractivity contribution in [3.05, 3.63) is 35.9 Å². The van der Waals surface area contributed by atoms with Gasteiger partial charge in [0.2, 0.25) is 0 Å². The minimum absolute atomic E-state index is 0.0897. The molecule has 130 valence electrons. The maximum atomic E-state index is 13.4. The van der Waals surface area contributed by atoms with E-state index in [1.807, 2.05) is 13.8 Å². The van der Waals surface area contributed by atoms with E-state index in [1.54, 1.807) is 6.07 Å². The van der Waals surface area contributed by atoms with Gasteiger partial charge in [0.05, 0.1) is 12.2 Å². The zero-order valence-corrected chi connectivity index (χ0v) is 13.4. The first-order valence-electron chi connectivity index (χ1n) is 7.96. The highest BCUT2D eigenvalue weighted by Crippen LogP contribution is 2.41. The van der Waals surface area contributed by atoms with Crippen molar-refractivity contribution in [2.75, 3.05) is 6.54 Å². The van der Waals surface area contributed by atoms with Crippen molar-refractivity contribution in [1.82, 2.24) is 5.32 Å². The summed E-state index contributed by atoms with van der Waals surface area (Å²) >= 11 is 0. The Hall–Kier alpha value is -1.11. The third-order valence-corrected chi connectivity index (χ3v) is 4.34. The van der Waals surface area contributed by atoms with E-state index < -0.39 is 18.2 Å². The zero-order chi connectivity index (χ0) is 17.1. The van der Waals surface area contributed by atoms with Gasteiger partial charge in [0.15, 0.2) is 5.60 Å². The lowest BCUT2D eigenvalue weighted by Gasteiger charge is -2.35. The normalized spacial score (nSPS) is 28.3. The summed E-state index contributed by atoms with van der Waals surface area (Å²) in [5, 5.41) is 13.4. The quantitative estimate of drug-likeness (QED) is 0.869.